The summed E-state index contributed by atoms with van der Waals surface area (Å²) >= 11 is 5.95. The van der Waals surface area contributed by atoms with Crippen molar-refractivity contribution in [3.05, 3.63) is 58.9 Å². The number of tetrazole rings is 1. The van der Waals surface area contributed by atoms with Gasteiger partial charge in [-0.1, -0.05) is 23.7 Å². The molecule has 3 rings (SSSR count). The van der Waals surface area contributed by atoms with Crippen molar-refractivity contribution in [2.75, 3.05) is 5.32 Å². The molecule has 0 atom stereocenters. The van der Waals surface area contributed by atoms with Crippen LogP contribution in [-0.2, 0) is 11.2 Å². The number of nitrogens with zero attached hydrogens (tertiary/aromatic N) is 4. The molecule has 0 spiro atoms. The second-order valence-electron chi connectivity index (χ2n) is 5.26. The fraction of sp³-hybridized carbons (Fsp3) is 0.125. The van der Waals surface area contributed by atoms with Crippen molar-refractivity contribution in [1.82, 2.24) is 20.2 Å². The predicted molar refractivity (Wildman–Crippen MR) is 89.3 cm³/mol. The molecular weight excluding hydrogens is 330 g/mol. The fourth-order valence-electron chi connectivity index (χ4n) is 2.26. The second-order valence-corrected chi connectivity index (χ2v) is 5.70. The maximum absolute atomic E-state index is 12.2. The summed E-state index contributed by atoms with van der Waals surface area (Å²) in [6, 6.07) is 10.4. The molecule has 2 aromatic carbocycles. The summed E-state index contributed by atoms with van der Waals surface area (Å²) in [7, 11) is 0. The van der Waals surface area contributed by atoms with Gasteiger partial charge in [-0.3, -0.25) is 4.79 Å². The zero-order valence-corrected chi connectivity index (χ0v) is 13.5. The van der Waals surface area contributed by atoms with Gasteiger partial charge in [0, 0.05) is 5.02 Å². The average molecular weight is 344 g/mol. The van der Waals surface area contributed by atoms with Crippen LogP contribution < -0.4 is 5.32 Å². The third-order valence-electron chi connectivity index (χ3n) is 3.45. The highest BCUT2D eigenvalue weighted by atomic mass is 35.5. The Bertz CT molecular complexity index is 863. The number of amides is 1. The number of phenolic OH excluding ortho intramolecular Hbond substituents is 1. The van der Waals surface area contributed by atoms with Crippen LogP contribution in [0.1, 0.15) is 11.1 Å². The average Bonchev–Trinajstić information content (AvgIpc) is 3.07. The number of hydrogen-bond acceptors (Lipinski definition) is 5. The molecule has 2 N–H and O–H groups in total. The van der Waals surface area contributed by atoms with Crippen molar-refractivity contribution < 1.29 is 9.90 Å². The van der Waals surface area contributed by atoms with Crippen molar-refractivity contribution in [3.63, 3.8) is 0 Å². The fourth-order valence-corrected chi connectivity index (χ4v) is 2.53. The minimum atomic E-state index is -0.248. The molecular formula is C16H14ClN5O2. The highest BCUT2D eigenvalue weighted by molar-refractivity contribution is 6.31. The molecule has 0 unspecified atom stereocenters. The molecule has 1 heterocycles. The summed E-state index contributed by atoms with van der Waals surface area (Å²) in [5.41, 5.74) is 2.52. The van der Waals surface area contributed by atoms with Crippen molar-refractivity contribution in [3.8, 4) is 11.4 Å². The minimum absolute atomic E-state index is 0.0155. The van der Waals surface area contributed by atoms with Gasteiger partial charge in [-0.2, -0.15) is 0 Å². The highest BCUT2D eigenvalue weighted by Crippen LogP contribution is 2.31. The number of carbonyl (C=O) groups excluding carboxylic acids is 1. The molecule has 24 heavy (non-hydrogen) atoms. The number of phenols is 1. The summed E-state index contributed by atoms with van der Waals surface area (Å²) in [6.07, 6.45) is 1.66. The molecule has 0 bridgehead atoms. The Morgan fingerprint density at radius 3 is 2.71 bits per heavy atom. The molecule has 1 aromatic heterocycles. The quantitative estimate of drug-likeness (QED) is 0.710. The van der Waals surface area contributed by atoms with Crippen LogP contribution in [-0.4, -0.2) is 31.2 Å². The van der Waals surface area contributed by atoms with Gasteiger partial charge in [-0.15, -0.1) is 5.10 Å². The number of rotatable bonds is 4. The molecule has 8 heteroatoms. The Morgan fingerprint density at radius 2 is 2.04 bits per heavy atom. The summed E-state index contributed by atoms with van der Waals surface area (Å²) in [4.78, 5) is 12.2. The van der Waals surface area contributed by atoms with Gasteiger partial charge in [0.15, 0.2) is 0 Å². The van der Waals surface area contributed by atoms with Gasteiger partial charge >= 0.3 is 0 Å². The number of hydrogen-bond donors (Lipinski definition) is 2. The van der Waals surface area contributed by atoms with E-state index in [4.69, 9.17) is 11.6 Å². The first-order valence-corrected chi connectivity index (χ1v) is 7.52. The van der Waals surface area contributed by atoms with E-state index in [2.05, 4.69) is 20.8 Å². The first-order chi connectivity index (χ1) is 11.5. The Morgan fingerprint density at radius 1 is 1.29 bits per heavy atom. The Labute approximate surface area is 142 Å². The van der Waals surface area contributed by atoms with Gasteiger partial charge in [-0.25, -0.2) is 4.68 Å². The molecule has 3 aromatic rings. The van der Waals surface area contributed by atoms with Gasteiger partial charge in [0.25, 0.3) is 0 Å². The van der Waals surface area contributed by atoms with Crippen molar-refractivity contribution in [1.29, 1.82) is 0 Å². The predicted octanol–water partition coefficient (Wildman–Crippen LogP) is 2.51. The second kappa shape index (κ2) is 6.67. The lowest BCUT2D eigenvalue weighted by molar-refractivity contribution is -0.115. The van der Waals surface area contributed by atoms with E-state index in [1.807, 2.05) is 24.3 Å². The topological polar surface area (TPSA) is 92.9 Å². The van der Waals surface area contributed by atoms with Gasteiger partial charge < -0.3 is 10.4 Å². The normalized spacial score (nSPS) is 10.6. The van der Waals surface area contributed by atoms with Crippen LogP contribution in [0.5, 0.6) is 5.75 Å². The number of anilines is 1. The smallest absolute Gasteiger partial charge is 0.228 e. The molecule has 0 fully saturated rings. The lowest BCUT2D eigenvalue weighted by Gasteiger charge is -2.10. The van der Waals surface area contributed by atoms with Gasteiger partial charge in [0.2, 0.25) is 5.91 Å². The highest BCUT2D eigenvalue weighted by Gasteiger charge is 2.11. The van der Waals surface area contributed by atoms with Crippen LogP contribution in [0.3, 0.4) is 0 Å². The number of benzene rings is 2. The van der Waals surface area contributed by atoms with E-state index in [-0.39, 0.29) is 18.1 Å². The molecule has 0 aliphatic heterocycles. The summed E-state index contributed by atoms with van der Waals surface area (Å²) in [6.45, 7) is 1.72. The summed E-state index contributed by atoms with van der Waals surface area (Å²) < 4.78 is 1.52. The molecule has 0 radical (unpaired) electrons. The SMILES string of the molecule is Cc1cc(Cl)cc(NC(=O)Cc2ccc(-n3cnnn3)cc2)c1O. The molecule has 122 valence electrons. The zero-order valence-electron chi connectivity index (χ0n) is 12.8. The number of aryl methyl sites for hydroxylation is 1. The van der Waals surface area contributed by atoms with Crippen LogP contribution in [0, 0.1) is 6.92 Å². The van der Waals surface area contributed by atoms with E-state index in [9.17, 15) is 9.90 Å². The number of nitrogens with one attached hydrogen (secondary N) is 1. The zero-order chi connectivity index (χ0) is 17.1. The largest absolute Gasteiger partial charge is 0.505 e. The number of halogens is 1. The van der Waals surface area contributed by atoms with E-state index in [0.29, 0.717) is 16.3 Å². The lowest BCUT2D eigenvalue weighted by atomic mass is 10.1. The first-order valence-electron chi connectivity index (χ1n) is 7.14. The van der Waals surface area contributed by atoms with E-state index >= 15 is 0 Å². The lowest BCUT2D eigenvalue weighted by Crippen LogP contribution is -2.14. The maximum Gasteiger partial charge on any atom is 0.228 e. The Kier molecular flexibility index (Phi) is 4.43. The van der Waals surface area contributed by atoms with Crippen molar-refractivity contribution >= 4 is 23.2 Å². The number of carbonyl (C=O) groups is 1. The third kappa shape index (κ3) is 3.52. The molecule has 0 saturated heterocycles. The Balaban J connectivity index is 1.69. The van der Waals surface area contributed by atoms with Crippen LogP contribution in [0.4, 0.5) is 5.69 Å². The number of aromatic nitrogens is 4. The van der Waals surface area contributed by atoms with Crippen LogP contribution in [0.2, 0.25) is 5.02 Å². The maximum atomic E-state index is 12.2. The third-order valence-corrected chi connectivity index (χ3v) is 3.67. The monoisotopic (exact) mass is 343 g/mol. The van der Waals surface area contributed by atoms with E-state index in [0.717, 1.165) is 11.3 Å². The van der Waals surface area contributed by atoms with Crippen LogP contribution in [0.25, 0.3) is 5.69 Å². The standard InChI is InChI=1S/C16H14ClN5O2/c1-10-6-12(17)8-14(16(10)24)19-15(23)7-11-2-4-13(5-3-11)22-9-18-20-21-22/h2-6,8-9,24H,7H2,1H3,(H,19,23). The summed E-state index contributed by atoms with van der Waals surface area (Å²) in [5, 5.41) is 24.0. The Hall–Kier alpha value is -2.93. The van der Waals surface area contributed by atoms with Crippen LogP contribution >= 0.6 is 11.6 Å². The minimum Gasteiger partial charge on any atom is -0.505 e. The molecule has 1 amide bonds. The van der Waals surface area contributed by atoms with E-state index < -0.39 is 0 Å². The van der Waals surface area contributed by atoms with Crippen LogP contribution in [0.15, 0.2) is 42.7 Å². The number of aromatic hydroxyl groups is 1. The first kappa shape index (κ1) is 15.9. The molecule has 0 aliphatic carbocycles. The van der Waals surface area contributed by atoms with Crippen molar-refractivity contribution in [2.45, 2.75) is 13.3 Å². The van der Waals surface area contributed by atoms with Gasteiger partial charge in [0.05, 0.1) is 17.8 Å². The summed E-state index contributed by atoms with van der Waals surface area (Å²) in [5.74, 6) is -0.232. The molecule has 0 aliphatic rings. The molecule has 0 saturated carbocycles. The molecule has 7 nitrogen and oxygen atoms in total. The van der Waals surface area contributed by atoms with Gasteiger partial charge in [0.1, 0.15) is 12.1 Å². The van der Waals surface area contributed by atoms with E-state index in [1.165, 1.54) is 17.1 Å². The van der Waals surface area contributed by atoms with Crippen molar-refractivity contribution in [2.24, 2.45) is 0 Å². The van der Waals surface area contributed by atoms with E-state index in [1.54, 1.807) is 13.0 Å². The van der Waals surface area contributed by atoms with Gasteiger partial charge in [-0.05, 0) is 52.7 Å².